The smallest absolute Gasteiger partial charge is 0.189 e. The van der Waals surface area contributed by atoms with Crippen LogP contribution in [0, 0.1) is 6.92 Å². The van der Waals surface area contributed by atoms with E-state index in [9.17, 15) is 30.6 Å². The average molecular weight is 469 g/mol. The van der Waals surface area contributed by atoms with Crippen LogP contribution in [-0.4, -0.2) is 98.3 Å². The third-order valence-corrected chi connectivity index (χ3v) is 4.15. The third-order valence-electron chi connectivity index (χ3n) is 4.15. The predicted octanol–water partition coefficient (Wildman–Crippen LogP) is -2.63. The van der Waals surface area contributed by atoms with Crippen LogP contribution < -0.4 is 0 Å². The van der Waals surface area contributed by atoms with E-state index in [1.54, 1.807) is 20.1 Å². The number of hydrogen-bond acceptors (Lipinski definition) is 10. The standard InChI is InChI=1S/C13H23O9.C3H5O.Y/c1-3-5-7(15)9(17)11(19)13(21-5)22-12-10(18)8(16)6(14)4(2)20-12;1-2-3-4;/h4-19H,2-3H2,1H3;2H2,1H3;/q2*-1;/t4?,5?,6-,7-,8+,9?,10?,11-,12-,13-;;/m1../s1. The number of aliphatic hydroxyl groups is 6. The zero-order chi connectivity index (χ0) is 20.0. The Bertz CT molecular complexity index is 426. The van der Waals surface area contributed by atoms with Gasteiger partial charge in [-0.15, -0.1) is 0 Å². The Kier molecular flexibility index (Phi) is 13.1. The number of aliphatic hydroxyl groups excluding tert-OH is 6. The monoisotopic (exact) mass is 469 g/mol. The van der Waals surface area contributed by atoms with E-state index in [4.69, 9.17) is 19.0 Å². The summed E-state index contributed by atoms with van der Waals surface area (Å²) in [6.45, 7) is 6.94. The van der Waals surface area contributed by atoms with Crippen molar-refractivity contribution in [3.63, 3.8) is 0 Å². The SMILES string of the molecule is CC[C-]=O.[CH2-]C1O[C@H](O[C@H]2OC(CC)[C@@H](O)C(O)[C@H]2O)C(O)[C@@H](O)[C@@H]1O.[Y]. The zero-order valence-electron chi connectivity index (χ0n) is 15.3. The minimum absolute atomic E-state index is 0. The van der Waals surface area contributed by atoms with E-state index < -0.39 is 61.4 Å². The van der Waals surface area contributed by atoms with Gasteiger partial charge >= 0.3 is 0 Å². The van der Waals surface area contributed by atoms with Crippen LogP contribution >= 0.6 is 0 Å². The molecule has 0 aromatic heterocycles. The van der Waals surface area contributed by atoms with Crippen LogP contribution in [0.3, 0.4) is 0 Å². The number of rotatable bonds is 4. The van der Waals surface area contributed by atoms with Gasteiger partial charge in [0.25, 0.3) is 0 Å². The first-order chi connectivity index (χ1) is 12.2. The van der Waals surface area contributed by atoms with E-state index in [-0.39, 0.29) is 32.7 Å². The Morgan fingerprint density at radius 2 is 1.30 bits per heavy atom. The Hall–Kier alpha value is 0.414. The van der Waals surface area contributed by atoms with Crippen LogP contribution in [0.15, 0.2) is 0 Å². The van der Waals surface area contributed by atoms with Gasteiger partial charge in [0.1, 0.15) is 30.5 Å². The van der Waals surface area contributed by atoms with E-state index in [0.717, 1.165) is 0 Å². The number of carbonyl (C=O) groups excluding carboxylic acids is 1. The second-order valence-corrected chi connectivity index (χ2v) is 6.07. The Morgan fingerprint density at radius 3 is 1.74 bits per heavy atom. The van der Waals surface area contributed by atoms with Crippen molar-refractivity contribution in [1.82, 2.24) is 0 Å². The normalized spacial score (nSPS) is 44.5. The molecule has 27 heavy (non-hydrogen) atoms. The van der Waals surface area contributed by atoms with Crippen LogP contribution in [0.25, 0.3) is 0 Å². The summed E-state index contributed by atoms with van der Waals surface area (Å²) in [7, 11) is 0. The van der Waals surface area contributed by atoms with E-state index >= 15 is 0 Å². The van der Waals surface area contributed by atoms with Gasteiger partial charge in [-0.25, -0.2) is 0 Å². The van der Waals surface area contributed by atoms with Crippen LogP contribution in [-0.2, 0) is 51.7 Å². The molecule has 0 aromatic rings. The molecule has 2 rings (SSSR count). The first-order valence-electron chi connectivity index (χ1n) is 8.42. The fourth-order valence-electron chi connectivity index (χ4n) is 2.53. The number of hydrogen-bond donors (Lipinski definition) is 6. The van der Waals surface area contributed by atoms with Gasteiger partial charge in [-0.3, -0.25) is 6.29 Å². The Labute approximate surface area is 183 Å². The van der Waals surface area contributed by atoms with E-state index in [0.29, 0.717) is 12.8 Å². The molecule has 11 heteroatoms. The van der Waals surface area contributed by atoms with Crippen molar-refractivity contribution in [1.29, 1.82) is 0 Å². The van der Waals surface area contributed by atoms with Gasteiger partial charge in [-0.2, -0.15) is 6.42 Å². The van der Waals surface area contributed by atoms with Crippen LogP contribution in [0.4, 0.5) is 0 Å². The summed E-state index contributed by atoms with van der Waals surface area (Å²) < 4.78 is 15.7. The first kappa shape index (κ1) is 27.4. The fraction of sp³-hybridized carbons (Fsp3) is 0.875. The molecule has 0 spiro atoms. The zero-order valence-corrected chi connectivity index (χ0v) is 18.1. The largest absolute Gasteiger partial charge is 0.542 e. The second kappa shape index (κ2) is 12.9. The van der Waals surface area contributed by atoms with Crippen molar-refractivity contribution >= 4 is 6.29 Å². The van der Waals surface area contributed by atoms with Crippen molar-refractivity contribution in [3.8, 4) is 0 Å². The molecule has 10 nitrogen and oxygen atoms in total. The molecule has 6 N–H and O–H groups in total. The molecule has 0 aromatic carbocycles. The summed E-state index contributed by atoms with van der Waals surface area (Å²) in [5.41, 5.74) is 0. The second-order valence-electron chi connectivity index (χ2n) is 6.07. The Balaban J connectivity index is 0.00000123. The van der Waals surface area contributed by atoms with Gasteiger partial charge in [-0.1, -0.05) is 13.8 Å². The maximum atomic E-state index is 9.90. The third kappa shape index (κ3) is 7.00. The van der Waals surface area contributed by atoms with Crippen molar-refractivity contribution in [2.24, 2.45) is 0 Å². The van der Waals surface area contributed by atoms with Gasteiger partial charge in [0.15, 0.2) is 12.6 Å². The summed E-state index contributed by atoms with van der Waals surface area (Å²) in [6.07, 6.45) is -10.9. The molecule has 2 saturated heterocycles. The fourth-order valence-corrected chi connectivity index (χ4v) is 2.53. The molecular formula is C16H28O10Y-2. The summed E-state index contributed by atoms with van der Waals surface area (Å²) >= 11 is 0. The van der Waals surface area contributed by atoms with Gasteiger partial charge < -0.3 is 56.6 Å². The molecule has 1 radical (unpaired) electrons. The summed E-state index contributed by atoms with van der Waals surface area (Å²) in [5, 5.41) is 58.5. The molecular weight excluding hydrogens is 441 g/mol. The molecule has 157 valence electrons. The van der Waals surface area contributed by atoms with Crippen molar-refractivity contribution in [2.75, 3.05) is 0 Å². The van der Waals surface area contributed by atoms with Gasteiger partial charge in [-0.05, 0) is 12.5 Å². The van der Waals surface area contributed by atoms with E-state index in [1.165, 1.54) is 0 Å². The molecule has 0 saturated carbocycles. The molecule has 0 bridgehead atoms. The van der Waals surface area contributed by atoms with Crippen LogP contribution in [0.1, 0.15) is 26.7 Å². The summed E-state index contributed by atoms with van der Waals surface area (Å²) in [4.78, 5) is 9.05. The van der Waals surface area contributed by atoms with Crippen LogP contribution in [0.5, 0.6) is 0 Å². The van der Waals surface area contributed by atoms with Crippen molar-refractivity contribution in [2.45, 2.75) is 88.1 Å². The first-order valence-corrected chi connectivity index (χ1v) is 8.42. The maximum absolute atomic E-state index is 9.90. The van der Waals surface area contributed by atoms with Crippen LogP contribution in [0.2, 0.25) is 0 Å². The van der Waals surface area contributed by atoms with Gasteiger partial charge in [0.05, 0.1) is 12.2 Å². The maximum Gasteiger partial charge on any atom is 0.189 e. The molecule has 2 aliphatic rings. The van der Waals surface area contributed by atoms with E-state index in [1.807, 2.05) is 0 Å². The van der Waals surface area contributed by atoms with Crippen molar-refractivity contribution < 1.29 is 82.4 Å². The average Bonchev–Trinajstić information content (AvgIpc) is 2.64. The molecule has 10 atom stereocenters. The quantitative estimate of drug-likeness (QED) is 0.240. The summed E-state index contributed by atoms with van der Waals surface area (Å²) in [5.74, 6) is 0. The number of ether oxygens (including phenoxy) is 3. The topological polar surface area (TPSA) is 166 Å². The minimum atomic E-state index is -1.59. The molecule has 2 aliphatic heterocycles. The predicted molar refractivity (Wildman–Crippen MR) is 86.1 cm³/mol. The molecule has 4 unspecified atom stereocenters. The van der Waals surface area contributed by atoms with Gasteiger partial charge in [0.2, 0.25) is 0 Å². The van der Waals surface area contributed by atoms with E-state index in [2.05, 4.69) is 6.92 Å². The minimum Gasteiger partial charge on any atom is -0.542 e. The van der Waals surface area contributed by atoms with Crippen molar-refractivity contribution in [3.05, 3.63) is 6.92 Å². The molecule has 2 fully saturated rings. The summed E-state index contributed by atoms with van der Waals surface area (Å²) in [6, 6.07) is 0. The van der Waals surface area contributed by atoms with Gasteiger partial charge in [0, 0.05) is 32.7 Å². The molecule has 0 aliphatic carbocycles. The molecule has 2 heterocycles. The Morgan fingerprint density at radius 1 is 0.852 bits per heavy atom. The molecule has 0 amide bonds.